The predicted molar refractivity (Wildman–Crippen MR) is 77.1 cm³/mol. The Kier molecular flexibility index (Phi) is 4.17. The standard InChI is InChI=1S/C16H19FN2/c1-12(14-6-8-16(18)9-7-14)19(2)11-13-4-3-5-15(17)10-13/h3-10,12H,11,18H2,1-2H3. The zero-order valence-electron chi connectivity index (χ0n) is 11.3. The normalized spacial score (nSPS) is 12.6. The highest BCUT2D eigenvalue weighted by molar-refractivity contribution is 5.40. The number of halogens is 1. The quantitative estimate of drug-likeness (QED) is 0.849. The van der Waals surface area contributed by atoms with Gasteiger partial charge in [-0.05, 0) is 49.4 Å². The van der Waals surface area contributed by atoms with Crippen LogP contribution in [0.3, 0.4) is 0 Å². The minimum absolute atomic E-state index is 0.189. The largest absolute Gasteiger partial charge is 0.399 e. The van der Waals surface area contributed by atoms with Crippen LogP contribution in [0.25, 0.3) is 0 Å². The molecule has 0 aliphatic heterocycles. The van der Waals surface area contributed by atoms with Gasteiger partial charge >= 0.3 is 0 Å². The third-order valence-electron chi connectivity index (χ3n) is 3.40. The van der Waals surface area contributed by atoms with Crippen LogP contribution in [0.15, 0.2) is 48.5 Å². The molecule has 1 unspecified atom stereocenters. The Balaban J connectivity index is 2.07. The molecule has 0 heterocycles. The first-order valence-corrected chi connectivity index (χ1v) is 6.36. The maximum Gasteiger partial charge on any atom is 0.123 e. The Morgan fingerprint density at radius 3 is 2.47 bits per heavy atom. The number of hydrogen-bond acceptors (Lipinski definition) is 2. The van der Waals surface area contributed by atoms with E-state index in [0.29, 0.717) is 6.54 Å². The Hall–Kier alpha value is -1.87. The molecule has 0 bridgehead atoms. The van der Waals surface area contributed by atoms with Gasteiger partial charge in [0.1, 0.15) is 5.82 Å². The van der Waals surface area contributed by atoms with Crippen molar-refractivity contribution in [3.63, 3.8) is 0 Å². The molecule has 0 saturated heterocycles. The van der Waals surface area contributed by atoms with Gasteiger partial charge in [-0.2, -0.15) is 0 Å². The number of nitrogen functional groups attached to an aromatic ring is 1. The second-order valence-electron chi connectivity index (χ2n) is 4.89. The zero-order valence-corrected chi connectivity index (χ0v) is 11.3. The average molecular weight is 258 g/mol. The lowest BCUT2D eigenvalue weighted by Gasteiger charge is -2.25. The van der Waals surface area contributed by atoms with Crippen molar-refractivity contribution < 1.29 is 4.39 Å². The SMILES string of the molecule is CC(c1ccc(N)cc1)N(C)Cc1cccc(F)c1. The minimum Gasteiger partial charge on any atom is -0.399 e. The first-order chi connectivity index (χ1) is 9.06. The molecule has 0 amide bonds. The second-order valence-corrected chi connectivity index (χ2v) is 4.89. The topological polar surface area (TPSA) is 29.3 Å². The van der Waals surface area contributed by atoms with E-state index in [2.05, 4.69) is 11.8 Å². The smallest absolute Gasteiger partial charge is 0.123 e. The molecule has 0 aromatic heterocycles. The molecule has 3 heteroatoms. The third kappa shape index (κ3) is 3.55. The van der Waals surface area contributed by atoms with Gasteiger partial charge in [0.2, 0.25) is 0 Å². The van der Waals surface area contributed by atoms with Gasteiger partial charge in [0.15, 0.2) is 0 Å². The molecule has 2 aromatic rings. The monoisotopic (exact) mass is 258 g/mol. The lowest BCUT2D eigenvalue weighted by Crippen LogP contribution is -2.21. The summed E-state index contributed by atoms with van der Waals surface area (Å²) in [6.45, 7) is 2.84. The third-order valence-corrected chi connectivity index (χ3v) is 3.40. The van der Waals surface area contributed by atoms with Crippen LogP contribution in [0.4, 0.5) is 10.1 Å². The fourth-order valence-corrected chi connectivity index (χ4v) is 2.09. The van der Waals surface area contributed by atoms with Crippen molar-refractivity contribution in [1.82, 2.24) is 4.90 Å². The number of anilines is 1. The number of nitrogens with zero attached hydrogens (tertiary/aromatic N) is 1. The van der Waals surface area contributed by atoms with Crippen LogP contribution >= 0.6 is 0 Å². The van der Waals surface area contributed by atoms with Gasteiger partial charge in [-0.1, -0.05) is 24.3 Å². The summed E-state index contributed by atoms with van der Waals surface area (Å²) in [6.07, 6.45) is 0. The molecule has 0 radical (unpaired) electrons. The molecule has 0 aliphatic rings. The summed E-state index contributed by atoms with van der Waals surface area (Å²) in [5.41, 5.74) is 8.63. The Morgan fingerprint density at radius 2 is 1.84 bits per heavy atom. The molecule has 2 rings (SSSR count). The van der Waals surface area contributed by atoms with E-state index in [1.165, 1.54) is 11.6 Å². The number of rotatable bonds is 4. The van der Waals surface area contributed by atoms with E-state index in [4.69, 9.17) is 5.73 Å². The molecule has 0 aliphatic carbocycles. The first kappa shape index (κ1) is 13.6. The highest BCUT2D eigenvalue weighted by Crippen LogP contribution is 2.21. The van der Waals surface area contributed by atoms with Crippen molar-refractivity contribution in [2.24, 2.45) is 0 Å². The summed E-state index contributed by atoms with van der Waals surface area (Å²) in [6, 6.07) is 14.8. The molecule has 100 valence electrons. The summed E-state index contributed by atoms with van der Waals surface area (Å²) in [4.78, 5) is 2.18. The zero-order chi connectivity index (χ0) is 13.8. The van der Waals surface area contributed by atoms with Crippen molar-refractivity contribution in [1.29, 1.82) is 0 Å². The highest BCUT2D eigenvalue weighted by Gasteiger charge is 2.12. The molecule has 19 heavy (non-hydrogen) atoms. The Bertz CT molecular complexity index is 537. The molecular weight excluding hydrogens is 239 g/mol. The van der Waals surface area contributed by atoms with Gasteiger partial charge in [-0.3, -0.25) is 4.90 Å². The molecule has 0 fully saturated rings. The van der Waals surface area contributed by atoms with Crippen LogP contribution in [0.2, 0.25) is 0 Å². The Labute approximate surface area is 113 Å². The summed E-state index contributed by atoms with van der Waals surface area (Å²) in [7, 11) is 2.03. The Morgan fingerprint density at radius 1 is 1.16 bits per heavy atom. The van der Waals surface area contributed by atoms with Crippen molar-refractivity contribution >= 4 is 5.69 Å². The van der Waals surface area contributed by atoms with Crippen molar-refractivity contribution in [2.75, 3.05) is 12.8 Å². The fourth-order valence-electron chi connectivity index (χ4n) is 2.09. The molecule has 2 nitrogen and oxygen atoms in total. The van der Waals surface area contributed by atoms with E-state index in [0.717, 1.165) is 11.3 Å². The summed E-state index contributed by atoms with van der Waals surface area (Å²) in [5, 5.41) is 0. The second kappa shape index (κ2) is 5.85. The van der Waals surface area contributed by atoms with Crippen molar-refractivity contribution in [3.05, 3.63) is 65.5 Å². The van der Waals surface area contributed by atoms with E-state index in [9.17, 15) is 4.39 Å². The molecule has 0 spiro atoms. The van der Waals surface area contributed by atoms with Gasteiger partial charge in [-0.25, -0.2) is 4.39 Å². The van der Waals surface area contributed by atoms with Crippen LogP contribution in [0.5, 0.6) is 0 Å². The van der Waals surface area contributed by atoms with Gasteiger partial charge in [0.25, 0.3) is 0 Å². The van der Waals surface area contributed by atoms with Gasteiger partial charge in [-0.15, -0.1) is 0 Å². The van der Waals surface area contributed by atoms with E-state index in [1.54, 1.807) is 12.1 Å². The maximum atomic E-state index is 13.2. The van der Waals surface area contributed by atoms with Crippen LogP contribution in [-0.4, -0.2) is 11.9 Å². The van der Waals surface area contributed by atoms with Crippen molar-refractivity contribution in [3.8, 4) is 0 Å². The van der Waals surface area contributed by atoms with Crippen LogP contribution in [-0.2, 0) is 6.54 Å². The van der Waals surface area contributed by atoms with Gasteiger partial charge in [0.05, 0.1) is 0 Å². The number of benzene rings is 2. The fraction of sp³-hybridized carbons (Fsp3) is 0.250. The molecule has 2 aromatic carbocycles. The van der Waals surface area contributed by atoms with E-state index < -0.39 is 0 Å². The van der Waals surface area contributed by atoms with E-state index in [-0.39, 0.29) is 11.9 Å². The molecule has 0 saturated carbocycles. The van der Waals surface area contributed by atoms with Crippen LogP contribution in [0.1, 0.15) is 24.1 Å². The summed E-state index contributed by atoms with van der Waals surface area (Å²) >= 11 is 0. The lowest BCUT2D eigenvalue weighted by atomic mass is 10.1. The highest BCUT2D eigenvalue weighted by atomic mass is 19.1. The summed E-state index contributed by atoms with van der Waals surface area (Å²) in [5.74, 6) is -0.189. The lowest BCUT2D eigenvalue weighted by molar-refractivity contribution is 0.253. The average Bonchev–Trinajstić information content (AvgIpc) is 2.39. The minimum atomic E-state index is -0.189. The first-order valence-electron chi connectivity index (χ1n) is 6.36. The molecular formula is C16H19FN2. The maximum absolute atomic E-state index is 13.2. The van der Waals surface area contributed by atoms with Gasteiger partial charge < -0.3 is 5.73 Å². The number of hydrogen-bond donors (Lipinski definition) is 1. The summed E-state index contributed by atoms with van der Waals surface area (Å²) < 4.78 is 13.2. The van der Waals surface area contributed by atoms with Crippen molar-refractivity contribution in [2.45, 2.75) is 19.5 Å². The number of nitrogens with two attached hydrogens (primary N) is 1. The molecule has 1 atom stereocenters. The van der Waals surface area contributed by atoms with Crippen LogP contribution in [0, 0.1) is 5.82 Å². The predicted octanol–water partition coefficient (Wildman–Crippen LogP) is 3.60. The van der Waals surface area contributed by atoms with E-state index in [1.807, 2.05) is 37.4 Å². The van der Waals surface area contributed by atoms with E-state index >= 15 is 0 Å². The van der Waals surface area contributed by atoms with Crippen LogP contribution < -0.4 is 5.73 Å². The van der Waals surface area contributed by atoms with Gasteiger partial charge in [0, 0.05) is 18.3 Å². The molecule has 2 N–H and O–H groups in total.